The van der Waals surface area contributed by atoms with E-state index in [4.69, 9.17) is 10.3 Å². The molecule has 6 heteroatoms. The van der Waals surface area contributed by atoms with Crippen LogP contribution in [0.2, 0.25) is 0 Å². The van der Waals surface area contributed by atoms with Crippen LogP contribution in [0.3, 0.4) is 0 Å². The third-order valence-corrected chi connectivity index (χ3v) is 2.99. The first-order valence-corrected chi connectivity index (χ1v) is 5.56. The summed E-state index contributed by atoms with van der Waals surface area (Å²) in [6.07, 6.45) is 0. The number of hydrogen-bond acceptors (Lipinski definition) is 4. The second-order valence-corrected chi connectivity index (χ2v) is 6.03. The smallest absolute Gasteiger partial charge is 0.319 e. The lowest BCUT2D eigenvalue weighted by atomic mass is 10.1. The summed E-state index contributed by atoms with van der Waals surface area (Å²) < 4.78 is 28.5. The molecule has 0 saturated heterocycles. The van der Waals surface area contributed by atoms with Crippen molar-refractivity contribution in [2.24, 2.45) is 5.73 Å². The largest absolute Gasteiger partial charge is 0.325 e. The average Bonchev–Trinajstić information content (AvgIpc) is 1.57. The third-order valence-electron chi connectivity index (χ3n) is 0.580. The predicted octanol–water partition coefficient (Wildman–Crippen LogP) is 0.260. The molecule has 0 aromatic carbocycles. The van der Waals surface area contributed by atoms with Crippen LogP contribution in [0.25, 0.3) is 0 Å². The van der Waals surface area contributed by atoms with E-state index in [2.05, 4.69) is 0 Å². The van der Waals surface area contributed by atoms with E-state index in [0.29, 0.717) is 10.8 Å². The summed E-state index contributed by atoms with van der Waals surface area (Å²) in [5.74, 6) is 0.186. The van der Waals surface area contributed by atoms with Gasteiger partial charge in [0.05, 0.1) is 0 Å². The van der Waals surface area contributed by atoms with E-state index in [1.54, 1.807) is 13.8 Å². The summed E-state index contributed by atoms with van der Waals surface area (Å²) in [5, 5.41) is 0. The Kier molecular flexibility index (Phi) is 3.15. The molecule has 10 heavy (non-hydrogen) atoms. The second-order valence-electron chi connectivity index (χ2n) is 2.68. The van der Waals surface area contributed by atoms with Crippen LogP contribution in [-0.2, 0) is 9.15 Å². The Morgan fingerprint density at radius 3 is 2.10 bits per heavy atom. The Morgan fingerprint density at radius 2 is 2.00 bits per heavy atom. The van der Waals surface area contributed by atoms with Crippen LogP contribution in [0.5, 0.6) is 0 Å². The Labute approximate surface area is 64.3 Å². The van der Waals surface area contributed by atoms with Crippen molar-refractivity contribution >= 4 is 19.9 Å². The number of hydrogen-bond donors (Lipinski definition) is 2. The lowest BCUT2D eigenvalue weighted by Gasteiger charge is -2.15. The van der Waals surface area contributed by atoms with Gasteiger partial charge in [0.1, 0.15) is 0 Å². The first-order valence-electron chi connectivity index (χ1n) is 2.61. The molecule has 0 bridgehead atoms. The maximum atomic E-state index is 10.1. The molecule has 0 aliphatic carbocycles. The van der Waals surface area contributed by atoms with E-state index >= 15 is 0 Å². The van der Waals surface area contributed by atoms with Crippen LogP contribution in [0, 0.1) is 0 Å². The first kappa shape index (κ1) is 10.2. The Bertz CT molecular complexity index is 191. The second kappa shape index (κ2) is 3.08. The van der Waals surface area contributed by atoms with Gasteiger partial charge in [-0.25, -0.2) is 0 Å². The molecule has 0 aromatic heterocycles. The zero-order valence-corrected chi connectivity index (χ0v) is 7.50. The fourth-order valence-corrected chi connectivity index (χ4v) is 2.04. The Hall–Kier alpha value is 0.220. The molecule has 0 spiro atoms. The first-order chi connectivity index (χ1) is 4.21. The lowest BCUT2D eigenvalue weighted by Crippen LogP contribution is -2.35. The number of rotatable bonds is 3. The molecule has 0 aromatic rings. The monoisotopic (exact) mass is 185 g/mol. The minimum Gasteiger partial charge on any atom is -0.325 e. The van der Waals surface area contributed by atoms with E-state index in [9.17, 15) is 8.42 Å². The van der Waals surface area contributed by atoms with Crippen molar-refractivity contribution in [3.8, 4) is 0 Å². The van der Waals surface area contributed by atoms with Gasteiger partial charge in [0, 0.05) is 11.3 Å². The predicted molar refractivity (Wildman–Crippen MR) is 42.3 cm³/mol. The lowest BCUT2D eigenvalue weighted by molar-refractivity contribution is 0.502. The summed E-state index contributed by atoms with van der Waals surface area (Å²) in [6, 6.07) is 0. The van der Waals surface area contributed by atoms with Crippen LogP contribution < -0.4 is 5.73 Å². The van der Waals surface area contributed by atoms with Gasteiger partial charge in [-0.3, -0.25) is 4.55 Å². The fraction of sp³-hybridized carbons (Fsp3) is 1.00. The van der Waals surface area contributed by atoms with Gasteiger partial charge in [-0.2, -0.15) is 8.42 Å². The zero-order chi connectivity index (χ0) is 8.41. The molecule has 62 valence electrons. The van der Waals surface area contributed by atoms with Crippen molar-refractivity contribution < 1.29 is 13.0 Å². The minimum absolute atomic E-state index is 0.186. The molecule has 0 heterocycles. The topological polar surface area (TPSA) is 80.4 Å². The van der Waals surface area contributed by atoms with Gasteiger partial charge >= 0.3 is 9.15 Å². The van der Waals surface area contributed by atoms with Crippen LogP contribution in [0.1, 0.15) is 13.8 Å². The average molecular weight is 185 g/mol. The molecule has 0 radical (unpaired) electrons. The molecular formula is C4H11NO3S2. The molecular weight excluding hydrogens is 174 g/mol. The normalized spacial score (nSPS) is 13.6. The highest BCUT2D eigenvalue weighted by atomic mass is 33.1. The molecule has 0 unspecified atom stereocenters. The maximum Gasteiger partial charge on any atom is 0.319 e. The third kappa shape index (κ3) is 8.22. The van der Waals surface area contributed by atoms with Gasteiger partial charge in [0.15, 0.2) is 0 Å². The van der Waals surface area contributed by atoms with E-state index in [1.807, 2.05) is 0 Å². The quantitative estimate of drug-likeness (QED) is 0.487. The van der Waals surface area contributed by atoms with Crippen molar-refractivity contribution in [2.75, 3.05) is 5.75 Å². The summed E-state index contributed by atoms with van der Waals surface area (Å²) in [7, 11) is -3.48. The maximum absolute atomic E-state index is 10.1. The minimum atomic E-state index is -3.92. The highest BCUT2D eigenvalue weighted by molar-refractivity contribution is 8.69. The van der Waals surface area contributed by atoms with Crippen LogP contribution in [-0.4, -0.2) is 24.3 Å². The molecule has 4 nitrogen and oxygen atoms in total. The summed E-state index contributed by atoms with van der Waals surface area (Å²) in [6.45, 7) is 3.37. The van der Waals surface area contributed by atoms with Crippen molar-refractivity contribution in [1.82, 2.24) is 0 Å². The summed E-state index contributed by atoms with van der Waals surface area (Å²) in [5.41, 5.74) is 4.88. The van der Waals surface area contributed by atoms with Crippen molar-refractivity contribution in [3.05, 3.63) is 0 Å². The van der Waals surface area contributed by atoms with Crippen LogP contribution >= 0.6 is 10.8 Å². The fourth-order valence-electron chi connectivity index (χ4n) is 0.226. The highest BCUT2D eigenvalue weighted by Crippen LogP contribution is 2.14. The highest BCUT2D eigenvalue weighted by Gasteiger charge is 2.15. The molecule has 0 atom stereocenters. The van der Waals surface area contributed by atoms with Crippen molar-refractivity contribution in [2.45, 2.75) is 19.4 Å². The molecule has 3 N–H and O–H groups in total. The van der Waals surface area contributed by atoms with E-state index < -0.39 is 14.7 Å². The van der Waals surface area contributed by atoms with E-state index in [0.717, 1.165) is 0 Å². The molecule has 0 saturated carbocycles. The van der Waals surface area contributed by atoms with Gasteiger partial charge in [-0.15, -0.1) is 0 Å². The van der Waals surface area contributed by atoms with Crippen molar-refractivity contribution in [3.63, 3.8) is 0 Å². The van der Waals surface area contributed by atoms with E-state index in [-0.39, 0.29) is 5.75 Å². The van der Waals surface area contributed by atoms with Crippen LogP contribution in [0.15, 0.2) is 0 Å². The molecule has 0 fully saturated rings. The Morgan fingerprint density at radius 1 is 1.60 bits per heavy atom. The van der Waals surface area contributed by atoms with Gasteiger partial charge in [-0.1, -0.05) is 0 Å². The Balaban J connectivity index is 3.79. The summed E-state index contributed by atoms with van der Waals surface area (Å²) >= 11 is 0. The molecule has 0 aliphatic heterocycles. The van der Waals surface area contributed by atoms with Gasteiger partial charge in [-0.05, 0) is 24.6 Å². The van der Waals surface area contributed by atoms with Crippen LogP contribution in [0.4, 0.5) is 0 Å². The van der Waals surface area contributed by atoms with Crippen molar-refractivity contribution in [1.29, 1.82) is 0 Å². The standard InChI is InChI=1S/C4H11NO3S2/c1-4(2,5)3-9-10(6,7)8/h3,5H2,1-2H3,(H,6,7,8). The molecule has 0 aliphatic rings. The summed E-state index contributed by atoms with van der Waals surface area (Å²) in [4.78, 5) is 0. The van der Waals surface area contributed by atoms with Gasteiger partial charge in [0.25, 0.3) is 0 Å². The SMILES string of the molecule is CC(C)(N)CSS(=O)(=O)O. The van der Waals surface area contributed by atoms with E-state index in [1.165, 1.54) is 0 Å². The zero-order valence-electron chi connectivity index (χ0n) is 5.86. The number of nitrogens with two attached hydrogens (primary N) is 1. The van der Waals surface area contributed by atoms with Gasteiger partial charge in [0.2, 0.25) is 0 Å². The van der Waals surface area contributed by atoms with Gasteiger partial charge < -0.3 is 5.73 Å². The molecule has 0 rings (SSSR count). The molecule has 0 amide bonds.